The Labute approximate surface area is 114 Å². The summed E-state index contributed by atoms with van der Waals surface area (Å²) < 4.78 is 5.57. The number of ether oxygens (including phenoxy) is 1. The van der Waals surface area contributed by atoms with Crippen LogP contribution in [-0.4, -0.2) is 27.5 Å². The van der Waals surface area contributed by atoms with Gasteiger partial charge in [0.1, 0.15) is 5.75 Å². The Kier molecular flexibility index (Phi) is 4.27. The Morgan fingerprint density at radius 2 is 1.50 bits per heavy atom. The number of hydrogen-bond acceptors (Lipinski definition) is 7. The van der Waals surface area contributed by atoms with Crippen LogP contribution in [-0.2, 0) is 0 Å². The van der Waals surface area contributed by atoms with E-state index in [2.05, 4.69) is 15.0 Å². The molecular weight excluding hydrogens is 268 g/mol. The summed E-state index contributed by atoms with van der Waals surface area (Å²) in [6, 6.07) is 7.37. The van der Waals surface area contributed by atoms with E-state index < -0.39 is 0 Å². The summed E-state index contributed by atoms with van der Waals surface area (Å²) in [7, 11) is 0. The molecule has 0 saturated carbocycles. The lowest BCUT2D eigenvalue weighted by molar-refractivity contribution is 0.424. The molecular formula is C11H12N4OS2. The first-order valence-corrected chi connectivity index (χ1v) is 7.53. The maximum absolute atomic E-state index is 5.61. The van der Waals surface area contributed by atoms with Gasteiger partial charge in [0.05, 0.1) is 0 Å². The molecule has 0 amide bonds. The van der Waals surface area contributed by atoms with Crippen LogP contribution in [0.25, 0.3) is 0 Å². The van der Waals surface area contributed by atoms with Crippen molar-refractivity contribution in [3.05, 3.63) is 24.3 Å². The normalized spacial score (nSPS) is 10.3. The summed E-state index contributed by atoms with van der Waals surface area (Å²) in [4.78, 5) is 12.6. The highest BCUT2D eigenvalue weighted by Gasteiger charge is 2.07. The lowest BCUT2D eigenvalue weighted by Crippen LogP contribution is -1.98. The van der Waals surface area contributed by atoms with Crippen LogP contribution in [0.2, 0.25) is 0 Å². The summed E-state index contributed by atoms with van der Waals surface area (Å²) >= 11 is 2.90. The van der Waals surface area contributed by atoms with Crippen molar-refractivity contribution in [2.24, 2.45) is 0 Å². The number of anilines is 1. The quantitative estimate of drug-likeness (QED) is 0.681. The van der Waals surface area contributed by atoms with E-state index in [0.29, 0.717) is 27.8 Å². The first-order chi connectivity index (χ1) is 8.71. The smallest absolute Gasteiger partial charge is 0.327 e. The topological polar surface area (TPSA) is 73.9 Å². The second kappa shape index (κ2) is 5.92. The molecule has 0 saturated heterocycles. The van der Waals surface area contributed by atoms with Gasteiger partial charge in [-0.2, -0.15) is 15.0 Å². The van der Waals surface area contributed by atoms with Crippen LogP contribution < -0.4 is 10.5 Å². The number of nitrogen functional groups attached to an aromatic ring is 1. The molecule has 0 bridgehead atoms. The van der Waals surface area contributed by atoms with E-state index in [0.717, 1.165) is 0 Å². The first kappa shape index (κ1) is 13.0. The van der Waals surface area contributed by atoms with Crippen molar-refractivity contribution in [1.82, 2.24) is 15.0 Å². The molecule has 0 aliphatic heterocycles. The fourth-order valence-electron chi connectivity index (χ4n) is 1.19. The van der Waals surface area contributed by atoms with Crippen LogP contribution in [0.4, 0.5) is 5.69 Å². The van der Waals surface area contributed by atoms with Crippen molar-refractivity contribution < 1.29 is 4.74 Å². The van der Waals surface area contributed by atoms with E-state index >= 15 is 0 Å². The van der Waals surface area contributed by atoms with E-state index in [4.69, 9.17) is 10.5 Å². The van der Waals surface area contributed by atoms with Gasteiger partial charge in [0, 0.05) is 5.69 Å². The minimum absolute atomic E-state index is 0.295. The van der Waals surface area contributed by atoms with Gasteiger partial charge in [0.2, 0.25) is 0 Å². The lowest BCUT2D eigenvalue weighted by atomic mass is 10.3. The summed E-state index contributed by atoms with van der Waals surface area (Å²) in [6.07, 6.45) is 3.82. The average molecular weight is 280 g/mol. The highest BCUT2D eigenvalue weighted by molar-refractivity contribution is 7.99. The molecule has 0 aliphatic carbocycles. The van der Waals surface area contributed by atoms with E-state index in [9.17, 15) is 0 Å². The van der Waals surface area contributed by atoms with Crippen molar-refractivity contribution in [2.45, 2.75) is 10.3 Å². The zero-order valence-electron chi connectivity index (χ0n) is 9.95. The van der Waals surface area contributed by atoms with Crippen LogP contribution in [0, 0.1) is 0 Å². The SMILES string of the molecule is CSc1nc(Oc2ccc(N)cc2)nc(SC)n1. The molecule has 2 rings (SSSR count). The number of nitrogens with two attached hydrogens (primary N) is 1. The molecule has 1 aromatic heterocycles. The number of thioether (sulfide) groups is 2. The number of hydrogen-bond donors (Lipinski definition) is 1. The number of nitrogens with zero attached hydrogens (tertiary/aromatic N) is 3. The molecule has 7 heteroatoms. The number of aromatic nitrogens is 3. The minimum atomic E-state index is 0.295. The molecule has 0 unspecified atom stereocenters. The predicted octanol–water partition coefficient (Wildman–Crippen LogP) is 2.69. The zero-order chi connectivity index (χ0) is 13.0. The van der Waals surface area contributed by atoms with Gasteiger partial charge in [-0.05, 0) is 36.8 Å². The molecule has 18 heavy (non-hydrogen) atoms. The Morgan fingerprint density at radius 3 is 2.00 bits per heavy atom. The van der Waals surface area contributed by atoms with Gasteiger partial charge in [-0.1, -0.05) is 23.5 Å². The van der Waals surface area contributed by atoms with E-state index in [1.807, 2.05) is 12.5 Å². The maximum Gasteiger partial charge on any atom is 0.327 e. The van der Waals surface area contributed by atoms with E-state index in [-0.39, 0.29) is 0 Å². The second-order valence-electron chi connectivity index (χ2n) is 3.26. The van der Waals surface area contributed by atoms with E-state index in [1.165, 1.54) is 23.5 Å². The van der Waals surface area contributed by atoms with Crippen molar-refractivity contribution in [1.29, 1.82) is 0 Å². The summed E-state index contributed by atoms with van der Waals surface area (Å²) in [5.74, 6) is 0.648. The van der Waals surface area contributed by atoms with Crippen LogP contribution in [0.5, 0.6) is 11.8 Å². The number of rotatable bonds is 4. The minimum Gasteiger partial charge on any atom is -0.424 e. The molecule has 0 radical (unpaired) electrons. The van der Waals surface area contributed by atoms with Crippen LogP contribution >= 0.6 is 23.5 Å². The molecule has 5 nitrogen and oxygen atoms in total. The fourth-order valence-corrected chi connectivity index (χ4v) is 1.94. The molecule has 0 aliphatic rings. The Morgan fingerprint density at radius 1 is 0.944 bits per heavy atom. The summed E-state index contributed by atoms with van der Waals surface area (Å²) in [5, 5.41) is 1.28. The van der Waals surface area contributed by atoms with Crippen LogP contribution in [0.3, 0.4) is 0 Å². The third kappa shape index (κ3) is 3.27. The lowest BCUT2D eigenvalue weighted by Gasteiger charge is -2.06. The highest BCUT2D eigenvalue weighted by Crippen LogP contribution is 2.22. The predicted molar refractivity (Wildman–Crippen MR) is 74.3 cm³/mol. The molecule has 1 aromatic carbocycles. The standard InChI is InChI=1S/C11H12N4OS2/c1-17-10-13-9(14-11(15-10)18-2)16-8-5-3-7(12)4-6-8/h3-6H,12H2,1-2H3. The van der Waals surface area contributed by atoms with Gasteiger partial charge < -0.3 is 10.5 Å². The largest absolute Gasteiger partial charge is 0.424 e. The van der Waals surface area contributed by atoms with E-state index in [1.54, 1.807) is 24.3 Å². The first-order valence-electron chi connectivity index (χ1n) is 5.08. The van der Waals surface area contributed by atoms with Crippen LogP contribution in [0.1, 0.15) is 0 Å². The van der Waals surface area contributed by atoms with Crippen molar-refractivity contribution in [3.8, 4) is 11.8 Å². The highest BCUT2D eigenvalue weighted by atomic mass is 32.2. The fraction of sp³-hybridized carbons (Fsp3) is 0.182. The maximum atomic E-state index is 5.61. The molecule has 0 atom stereocenters. The van der Waals surface area contributed by atoms with Gasteiger partial charge >= 0.3 is 6.01 Å². The van der Waals surface area contributed by atoms with Crippen molar-refractivity contribution >= 4 is 29.2 Å². The molecule has 0 spiro atoms. The van der Waals surface area contributed by atoms with Crippen molar-refractivity contribution in [2.75, 3.05) is 18.2 Å². The van der Waals surface area contributed by atoms with Gasteiger partial charge in [0.25, 0.3) is 0 Å². The Hall–Kier alpha value is -1.47. The zero-order valence-corrected chi connectivity index (χ0v) is 11.6. The molecule has 0 fully saturated rings. The van der Waals surface area contributed by atoms with Gasteiger partial charge in [0.15, 0.2) is 10.3 Å². The average Bonchev–Trinajstić information content (AvgIpc) is 2.41. The molecule has 2 N–H and O–H groups in total. The Bertz CT molecular complexity index is 511. The number of benzene rings is 1. The third-order valence-corrected chi connectivity index (χ3v) is 3.12. The van der Waals surface area contributed by atoms with Gasteiger partial charge in [-0.3, -0.25) is 0 Å². The third-order valence-electron chi connectivity index (χ3n) is 2.03. The Balaban J connectivity index is 2.25. The molecule has 1 heterocycles. The van der Waals surface area contributed by atoms with Gasteiger partial charge in [-0.25, -0.2) is 0 Å². The van der Waals surface area contributed by atoms with Crippen molar-refractivity contribution in [3.63, 3.8) is 0 Å². The second-order valence-corrected chi connectivity index (χ2v) is 4.81. The summed E-state index contributed by atoms with van der Waals surface area (Å²) in [6.45, 7) is 0. The summed E-state index contributed by atoms with van der Waals surface area (Å²) in [5.41, 5.74) is 6.30. The molecule has 2 aromatic rings. The van der Waals surface area contributed by atoms with Gasteiger partial charge in [-0.15, -0.1) is 0 Å². The monoisotopic (exact) mass is 280 g/mol. The van der Waals surface area contributed by atoms with Crippen LogP contribution in [0.15, 0.2) is 34.6 Å². The molecule has 94 valence electrons.